The van der Waals surface area contributed by atoms with E-state index < -0.39 is 0 Å². The van der Waals surface area contributed by atoms with Gasteiger partial charge in [0.25, 0.3) is 0 Å². The van der Waals surface area contributed by atoms with Gasteiger partial charge in [-0.2, -0.15) is 0 Å². The first-order chi connectivity index (χ1) is 4.70. The minimum absolute atomic E-state index is 0.120. The van der Waals surface area contributed by atoms with E-state index in [1.807, 2.05) is 6.92 Å². The molecule has 2 N–H and O–H groups in total. The normalized spacial score (nSPS) is 11.7. The molecule has 0 bridgehead atoms. The molecule has 0 aliphatic rings. The summed E-state index contributed by atoms with van der Waals surface area (Å²) in [5, 5.41) is 9.88. The van der Waals surface area contributed by atoms with E-state index in [1.165, 1.54) is 0 Å². The van der Waals surface area contributed by atoms with Crippen LogP contribution < -0.4 is 5.32 Å². The lowest BCUT2D eigenvalue weighted by Gasteiger charge is -2.09. The molecule has 1 atom stereocenters. The first kappa shape index (κ1) is 8.88. The number of rotatable bonds is 3. The van der Waals surface area contributed by atoms with Gasteiger partial charge in [-0.3, -0.25) is 5.41 Å². The van der Waals surface area contributed by atoms with Crippen LogP contribution in [0.4, 0.5) is 0 Å². The number of nitrogens with one attached hydrogen (secondary N) is 2. The molecule has 0 aromatic heterocycles. The first-order valence-electron chi connectivity index (χ1n) is 3.13. The third kappa shape index (κ3) is 3.83. The Morgan fingerprint density at radius 2 is 2.50 bits per heavy atom. The summed E-state index contributed by atoms with van der Waals surface area (Å²) in [6, 6.07) is 0.218. The highest BCUT2D eigenvalue weighted by molar-refractivity contribution is 5.81. The molecule has 0 heterocycles. The Balaban J connectivity index is 3.55. The second kappa shape index (κ2) is 4.73. The maximum Gasteiger partial charge on any atom is 0.214 e. The van der Waals surface area contributed by atoms with Crippen molar-refractivity contribution in [1.82, 2.24) is 5.32 Å². The molecule has 0 aliphatic carbocycles. The Labute approximate surface area is 61.4 Å². The topological polar surface area (TPSA) is 48.2 Å². The molecule has 1 unspecified atom stereocenters. The van der Waals surface area contributed by atoms with Crippen molar-refractivity contribution in [1.29, 1.82) is 5.41 Å². The van der Waals surface area contributed by atoms with E-state index in [0.717, 1.165) is 6.42 Å². The molecule has 10 heavy (non-hydrogen) atoms. The maximum atomic E-state index is 7.07. The average Bonchev–Trinajstić information content (AvgIpc) is 1.88. The number of nitrogens with zero attached hydrogens (tertiary/aromatic N) is 1. The van der Waals surface area contributed by atoms with Gasteiger partial charge >= 0.3 is 0 Å². The van der Waals surface area contributed by atoms with Gasteiger partial charge in [-0.15, -0.1) is 6.58 Å². The van der Waals surface area contributed by atoms with Gasteiger partial charge < -0.3 is 5.32 Å². The quantitative estimate of drug-likeness (QED) is 0.344. The summed E-state index contributed by atoms with van der Waals surface area (Å²) in [7, 11) is 0. The lowest BCUT2D eigenvalue weighted by atomic mass is 10.2. The van der Waals surface area contributed by atoms with Crippen molar-refractivity contribution >= 4 is 12.7 Å². The van der Waals surface area contributed by atoms with Crippen LogP contribution in [0.3, 0.4) is 0 Å². The fourth-order valence-corrected chi connectivity index (χ4v) is 0.588. The number of hydrogen-bond acceptors (Lipinski definition) is 1. The summed E-state index contributed by atoms with van der Waals surface area (Å²) in [5.74, 6) is 0.120. The molecule has 0 rings (SSSR count). The summed E-state index contributed by atoms with van der Waals surface area (Å²) in [5.41, 5.74) is 0. The van der Waals surface area contributed by atoms with E-state index in [1.54, 1.807) is 6.08 Å². The SMILES string of the molecule is C=CCC(C)NC(=N)N=C. The van der Waals surface area contributed by atoms with Gasteiger partial charge in [0.15, 0.2) is 0 Å². The van der Waals surface area contributed by atoms with Gasteiger partial charge in [0.1, 0.15) is 0 Å². The van der Waals surface area contributed by atoms with Crippen LogP contribution in [0.25, 0.3) is 0 Å². The molecule has 0 amide bonds. The standard InChI is InChI=1S/C7H13N3/c1-4-5-6(2)10-7(8)9-3/h4,6H,1,3,5H2,2H3,(H2,8,10). The highest BCUT2D eigenvalue weighted by atomic mass is 15.1. The van der Waals surface area contributed by atoms with E-state index in [-0.39, 0.29) is 12.0 Å². The van der Waals surface area contributed by atoms with Gasteiger partial charge in [0.2, 0.25) is 5.96 Å². The van der Waals surface area contributed by atoms with E-state index >= 15 is 0 Å². The van der Waals surface area contributed by atoms with Gasteiger partial charge in [-0.1, -0.05) is 6.08 Å². The van der Waals surface area contributed by atoms with Crippen molar-refractivity contribution in [3.8, 4) is 0 Å². The van der Waals surface area contributed by atoms with E-state index in [0.29, 0.717) is 0 Å². The van der Waals surface area contributed by atoms with Gasteiger partial charge in [0.05, 0.1) is 0 Å². The Kier molecular flexibility index (Phi) is 4.20. The summed E-state index contributed by atoms with van der Waals surface area (Å²) in [6.07, 6.45) is 2.63. The molecule has 0 aromatic rings. The monoisotopic (exact) mass is 139 g/mol. The zero-order valence-electron chi connectivity index (χ0n) is 6.22. The second-order valence-corrected chi connectivity index (χ2v) is 2.08. The van der Waals surface area contributed by atoms with Crippen LogP contribution >= 0.6 is 0 Å². The van der Waals surface area contributed by atoms with Crippen LogP contribution in [-0.2, 0) is 0 Å². The zero-order chi connectivity index (χ0) is 7.98. The number of aliphatic imine (C=N–C) groups is 1. The van der Waals surface area contributed by atoms with Crippen LogP contribution in [0.2, 0.25) is 0 Å². The van der Waals surface area contributed by atoms with Crippen LogP contribution in [0.15, 0.2) is 17.6 Å². The molecule has 0 aliphatic heterocycles. The third-order valence-electron chi connectivity index (χ3n) is 1.06. The third-order valence-corrected chi connectivity index (χ3v) is 1.06. The van der Waals surface area contributed by atoms with Crippen molar-refractivity contribution in [2.24, 2.45) is 4.99 Å². The summed E-state index contributed by atoms with van der Waals surface area (Å²) >= 11 is 0. The van der Waals surface area contributed by atoms with Crippen molar-refractivity contribution in [2.75, 3.05) is 0 Å². The smallest absolute Gasteiger partial charge is 0.214 e. The van der Waals surface area contributed by atoms with Gasteiger partial charge in [0, 0.05) is 6.04 Å². The van der Waals surface area contributed by atoms with E-state index in [2.05, 4.69) is 23.6 Å². The molecule has 0 aromatic carbocycles. The zero-order valence-corrected chi connectivity index (χ0v) is 6.22. The highest BCUT2D eigenvalue weighted by Gasteiger charge is 1.97. The lowest BCUT2D eigenvalue weighted by molar-refractivity contribution is 0.669. The van der Waals surface area contributed by atoms with Crippen LogP contribution in [0, 0.1) is 5.41 Å². The Morgan fingerprint density at radius 3 is 2.90 bits per heavy atom. The summed E-state index contributed by atoms with van der Waals surface area (Å²) in [6.45, 7) is 8.75. The highest BCUT2D eigenvalue weighted by Crippen LogP contribution is 1.89. The lowest BCUT2D eigenvalue weighted by Crippen LogP contribution is -2.29. The van der Waals surface area contributed by atoms with Crippen LogP contribution in [0.5, 0.6) is 0 Å². The maximum absolute atomic E-state index is 7.07. The Hall–Kier alpha value is -1.12. The van der Waals surface area contributed by atoms with Crippen LogP contribution in [0.1, 0.15) is 13.3 Å². The molecule has 0 radical (unpaired) electrons. The van der Waals surface area contributed by atoms with Gasteiger partial charge in [-0.25, -0.2) is 4.99 Å². The Morgan fingerprint density at radius 1 is 1.90 bits per heavy atom. The molecule has 3 nitrogen and oxygen atoms in total. The molecule has 3 heteroatoms. The second-order valence-electron chi connectivity index (χ2n) is 2.08. The van der Waals surface area contributed by atoms with Gasteiger partial charge in [-0.05, 0) is 20.1 Å². The number of hydrogen-bond donors (Lipinski definition) is 2. The molecule has 56 valence electrons. The van der Waals surface area contributed by atoms with Crippen molar-refractivity contribution in [3.05, 3.63) is 12.7 Å². The molecular weight excluding hydrogens is 126 g/mol. The minimum atomic E-state index is 0.120. The molecule has 0 fully saturated rings. The summed E-state index contributed by atoms with van der Waals surface area (Å²) < 4.78 is 0. The fourth-order valence-electron chi connectivity index (χ4n) is 0.588. The van der Waals surface area contributed by atoms with Crippen molar-refractivity contribution in [3.63, 3.8) is 0 Å². The molecular formula is C7H13N3. The van der Waals surface area contributed by atoms with Crippen LogP contribution in [-0.4, -0.2) is 18.7 Å². The van der Waals surface area contributed by atoms with E-state index in [9.17, 15) is 0 Å². The van der Waals surface area contributed by atoms with E-state index in [4.69, 9.17) is 5.41 Å². The van der Waals surface area contributed by atoms with Crippen molar-refractivity contribution < 1.29 is 0 Å². The fraction of sp³-hybridized carbons (Fsp3) is 0.429. The van der Waals surface area contributed by atoms with Crippen molar-refractivity contribution in [2.45, 2.75) is 19.4 Å². The minimum Gasteiger partial charge on any atom is -0.352 e. The number of guanidine groups is 1. The average molecular weight is 139 g/mol. The summed E-state index contributed by atoms with van der Waals surface area (Å²) in [4.78, 5) is 3.40. The molecule has 0 saturated heterocycles. The molecule has 0 spiro atoms. The predicted octanol–water partition coefficient (Wildman–Crippen LogP) is 1.18. The first-order valence-corrected chi connectivity index (χ1v) is 3.13. The largest absolute Gasteiger partial charge is 0.352 e. The Bertz CT molecular complexity index is 140. The predicted molar refractivity (Wildman–Crippen MR) is 44.7 cm³/mol. The molecule has 0 saturated carbocycles.